The lowest BCUT2D eigenvalue weighted by molar-refractivity contribution is 0.0744. The Kier molecular flexibility index (Phi) is 7.23. The number of hydrogen-bond acceptors (Lipinski definition) is 3. The average Bonchev–Trinajstić information content (AvgIpc) is 3.06. The number of guanidine groups is 1. The lowest BCUT2D eigenvalue weighted by Crippen LogP contribution is -2.49. The summed E-state index contributed by atoms with van der Waals surface area (Å²) in [6.07, 6.45) is -0.505. The van der Waals surface area contributed by atoms with Gasteiger partial charge in [-0.2, -0.15) is 0 Å². The highest BCUT2D eigenvalue weighted by Crippen LogP contribution is 2.19. The van der Waals surface area contributed by atoms with Gasteiger partial charge in [0, 0.05) is 43.5 Å². The number of alkyl halides is 2. The molecular weight excluding hydrogens is 318 g/mol. The minimum atomic E-state index is -2.24. The molecule has 1 aromatic heterocycles. The normalized spacial score (nSPS) is 19.1. The van der Waals surface area contributed by atoms with E-state index >= 15 is 0 Å². The third-order valence-corrected chi connectivity index (χ3v) is 5.26. The molecule has 4 nitrogen and oxygen atoms in total. The molecule has 0 aliphatic carbocycles. The molecule has 2 N–H and O–H groups in total. The third kappa shape index (κ3) is 6.06. The van der Waals surface area contributed by atoms with Gasteiger partial charge in [-0.3, -0.25) is 9.89 Å². The number of nitrogens with one attached hydrogen (secondary N) is 2. The molecule has 0 bridgehead atoms. The highest BCUT2D eigenvalue weighted by Gasteiger charge is 2.22. The van der Waals surface area contributed by atoms with E-state index in [4.69, 9.17) is 0 Å². The van der Waals surface area contributed by atoms with Crippen LogP contribution < -0.4 is 10.6 Å². The van der Waals surface area contributed by atoms with Gasteiger partial charge in [0.15, 0.2) is 5.96 Å². The molecule has 0 amide bonds. The standard InChI is InChI=1S/C16H26F2N4S/c1-12(14-4-3-9-23-14)10-20-16(19-2)21-13-5-7-22(8-6-13)11-15(17)18/h3-4,9,12-13,15H,5-8,10-11H2,1-2H3,(H2,19,20,21). The molecule has 0 aromatic carbocycles. The second-order valence-corrected chi connectivity index (χ2v) is 6.96. The van der Waals surface area contributed by atoms with Gasteiger partial charge in [-0.15, -0.1) is 11.3 Å². The van der Waals surface area contributed by atoms with Crippen LogP contribution in [0, 0.1) is 0 Å². The zero-order valence-electron chi connectivity index (χ0n) is 13.8. The van der Waals surface area contributed by atoms with Crippen LogP contribution in [-0.2, 0) is 0 Å². The van der Waals surface area contributed by atoms with E-state index in [-0.39, 0.29) is 6.54 Å². The van der Waals surface area contributed by atoms with Crippen molar-refractivity contribution in [1.29, 1.82) is 0 Å². The first-order valence-corrected chi connectivity index (χ1v) is 8.97. The first-order valence-electron chi connectivity index (χ1n) is 8.09. The van der Waals surface area contributed by atoms with Crippen LogP contribution in [0.15, 0.2) is 22.5 Å². The molecule has 0 spiro atoms. The summed E-state index contributed by atoms with van der Waals surface area (Å²) in [6.45, 7) is 4.33. The monoisotopic (exact) mass is 344 g/mol. The Morgan fingerprint density at radius 1 is 1.43 bits per heavy atom. The van der Waals surface area contributed by atoms with E-state index in [9.17, 15) is 8.78 Å². The summed E-state index contributed by atoms with van der Waals surface area (Å²) in [5.41, 5.74) is 0. The predicted molar refractivity (Wildman–Crippen MR) is 92.7 cm³/mol. The Balaban J connectivity index is 1.71. The van der Waals surface area contributed by atoms with E-state index in [1.54, 1.807) is 18.4 Å². The van der Waals surface area contributed by atoms with E-state index < -0.39 is 6.43 Å². The molecule has 1 aliphatic rings. The van der Waals surface area contributed by atoms with Gasteiger partial charge in [0.25, 0.3) is 6.43 Å². The molecule has 0 radical (unpaired) electrons. The van der Waals surface area contributed by atoms with Gasteiger partial charge < -0.3 is 10.6 Å². The molecular formula is C16H26F2N4S. The topological polar surface area (TPSA) is 39.7 Å². The Morgan fingerprint density at radius 2 is 2.17 bits per heavy atom. The Hall–Kier alpha value is -1.21. The van der Waals surface area contributed by atoms with Gasteiger partial charge in [0.1, 0.15) is 0 Å². The van der Waals surface area contributed by atoms with Crippen molar-refractivity contribution < 1.29 is 8.78 Å². The Bertz CT molecular complexity index is 470. The molecule has 130 valence electrons. The fraction of sp³-hybridized carbons (Fsp3) is 0.688. The van der Waals surface area contributed by atoms with Crippen LogP contribution in [-0.4, -0.2) is 56.6 Å². The van der Waals surface area contributed by atoms with Gasteiger partial charge in [0.2, 0.25) is 0 Å². The fourth-order valence-corrected chi connectivity index (χ4v) is 3.55. The first-order chi connectivity index (χ1) is 11.1. The van der Waals surface area contributed by atoms with E-state index in [1.165, 1.54) is 4.88 Å². The average molecular weight is 344 g/mol. The maximum atomic E-state index is 12.4. The summed E-state index contributed by atoms with van der Waals surface area (Å²) in [7, 11) is 1.76. The Morgan fingerprint density at radius 3 is 2.74 bits per heavy atom. The number of halogens is 2. The van der Waals surface area contributed by atoms with Crippen LogP contribution in [0.25, 0.3) is 0 Å². The van der Waals surface area contributed by atoms with Crippen LogP contribution >= 0.6 is 11.3 Å². The summed E-state index contributed by atoms with van der Waals surface area (Å²) in [6, 6.07) is 4.51. The highest BCUT2D eigenvalue weighted by atomic mass is 32.1. The summed E-state index contributed by atoms with van der Waals surface area (Å²) in [5, 5.41) is 8.86. The van der Waals surface area contributed by atoms with Crippen molar-refractivity contribution >= 4 is 17.3 Å². The predicted octanol–water partition coefficient (Wildman–Crippen LogP) is 2.75. The van der Waals surface area contributed by atoms with Crippen LogP contribution in [0.5, 0.6) is 0 Å². The smallest absolute Gasteiger partial charge is 0.251 e. The van der Waals surface area contributed by atoms with Crippen molar-refractivity contribution in [1.82, 2.24) is 15.5 Å². The zero-order chi connectivity index (χ0) is 16.7. The maximum absolute atomic E-state index is 12.4. The lowest BCUT2D eigenvalue weighted by Gasteiger charge is -2.32. The first kappa shape index (κ1) is 18.1. The quantitative estimate of drug-likeness (QED) is 0.616. The second-order valence-electron chi connectivity index (χ2n) is 5.98. The summed E-state index contributed by atoms with van der Waals surface area (Å²) >= 11 is 1.76. The van der Waals surface area contributed by atoms with Crippen molar-refractivity contribution in [2.45, 2.75) is 38.2 Å². The number of aliphatic imine (C=N–C) groups is 1. The van der Waals surface area contributed by atoms with E-state index in [0.717, 1.165) is 25.3 Å². The van der Waals surface area contributed by atoms with E-state index in [0.29, 0.717) is 25.0 Å². The van der Waals surface area contributed by atoms with Crippen LogP contribution in [0.2, 0.25) is 0 Å². The fourth-order valence-electron chi connectivity index (χ4n) is 2.77. The molecule has 1 unspecified atom stereocenters. The maximum Gasteiger partial charge on any atom is 0.251 e. The molecule has 1 atom stereocenters. The van der Waals surface area contributed by atoms with Gasteiger partial charge in [-0.05, 0) is 24.3 Å². The number of hydrogen-bond donors (Lipinski definition) is 2. The van der Waals surface area contributed by atoms with Crippen LogP contribution in [0.1, 0.15) is 30.6 Å². The number of thiophene rings is 1. The zero-order valence-corrected chi connectivity index (χ0v) is 14.6. The molecule has 1 fully saturated rings. The van der Waals surface area contributed by atoms with Crippen molar-refractivity contribution in [3.8, 4) is 0 Å². The van der Waals surface area contributed by atoms with Crippen LogP contribution in [0.3, 0.4) is 0 Å². The summed E-state index contributed by atoms with van der Waals surface area (Å²) in [4.78, 5) is 7.45. The van der Waals surface area contributed by atoms with Crippen LogP contribution in [0.4, 0.5) is 8.78 Å². The Labute approximate surface area is 141 Å². The molecule has 1 aromatic rings. The summed E-state index contributed by atoms with van der Waals surface area (Å²) in [5.74, 6) is 1.22. The minimum Gasteiger partial charge on any atom is -0.356 e. The van der Waals surface area contributed by atoms with Crippen molar-refractivity contribution in [3.05, 3.63) is 22.4 Å². The minimum absolute atomic E-state index is 0.113. The molecule has 7 heteroatoms. The third-order valence-electron chi connectivity index (χ3n) is 4.15. The van der Waals surface area contributed by atoms with Gasteiger partial charge in [0.05, 0.1) is 6.54 Å². The molecule has 0 saturated carbocycles. The van der Waals surface area contributed by atoms with E-state index in [2.05, 4.69) is 40.1 Å². The number of rotatable bonds is 6. The number of likely N-dealkylation sites (tertiary alicyclic amines) is 1. The SMILES string of the molecule is CN=C(NCC(C)c1cccs1)NC1CCN(CC(F)F)CC1. The van der Waals surface area contributed by atoms with Gasteiger partial charge >= 0.3 is 0 Å². The van der Waals surface area contributed by atoms with E-state index in [1.807, 2.05) is 4.90 Å². The largest absolute Gasteiger partial charge is 0.356 e. The van der Waals surface area contributed by atoms with Crippen molar-refractivity contribution in [2.75, 3.05) is 33.2 Å². The van der Waals surface area contributed by atoms with Crippen molar-refractivity contribution in [2.24, 2.45) is 4.99 Å². The highest BCUT2D eigenvalue weighted by molar-refractivity contribution is 7.10. The van der Waals surface area contributed by atoms with Gasteiger partial charge in [-0.25, -0.2) is 8.78 Å². The van der Waals surface area contributed by atoms with Crippen molar-refractivity contribution in [3.63, 3.8) is 0 Å². The second kappa shape index (κ2) is 9.17. The number of piperidine rings is 1. The molecule has 1 aliphatic heterocycles. The molecule has 1 saturated heterocycles. The molecule has 2 rings (SSSR count). The number of nitrogens with zero attached hydrogens (tertiary/aromatic N) is 2. The molecule has 2 heterocycles. The molecule has 23 heavy (non-hydrogen) atoms. The summed E-state index contributed by atoms with van der Waals surface area (Å²) < 4.78 is 24.8. The van der Waals surface area contributed by atoms with Gasteiger partial charge in [-0.1, -0.05) is 13.0 Å². The lowest BCUT2D eigenvalue weighted by atomic mass is 10.1.